The van der Waals surface area contributed by atoms with Crippen molar-refractivity contribution in [3.05, 3.63) is 53.6 Å². The van der Waals surface area contributed by atoms with Crippen molar-refractivity contribution in [1.82, 2.24) is 4.72 Å². The molecule has 1 fully saturated rings. The van der Waals surface area contributed by atoms with Gasteiger partial charge in [0.15, 0.2) is 0 Å². The van der Waals surface area contributed by atoms with Gasteiger partial charge in [0.2, 0.25) is 15.9 Å². The van der Waals surface area contributed by atoms with Crippen molar-refractivity contribution in [3.63, 3.8) is 0 Å². The van der Waals surface area contributed by atoms with Gasteiger partial charge in [-0.3, -0.25) is 9.00 Å². The molecule has 1 saturated heterocycles. The molecule has 150 valence electrons. The Hall–Kier alpha value is -2.03. The highest BCUT2D eigenvalue weighted by atomic mass is 32.2. The van der Waals surface area contributed by atoms with Gasteiger partial charge in [-0.05, 0) is 61.7 Å². The van der Waals surface area contributed by atoms with Crippen LogP contribution >= 0.6 is 0 Å². The second-order valence-corrected chi connectivity index (χ2v) is 10.0. The van der Waals surface area contributed by atoms with E-state index in [0.29, 0.717) is 23.4 Å². The molecule has 3 rings (SSSR count). The van der Waals surface area contributed by atoms with Crippen molar-refractivity contribution in [2.24, 2.45) is 0 Å². The Balaban J connectivity index is 1.80. The molecule has 1 aliphatic rings. The van der Waals surface area contributed by atoms with E-state index >= 15 is 0 Å². The Morgan fingerprint density at radius 1 is 1.14 bits per heavy atom. The van der Waals surface area contributed by atoms with Gasteiger partial charge in [0.1, 0.15) is 0 Å². The molecule has 0 aromatic heterocycles. The van der Waals surface area contributed by atoms with Gasteiger partial charge >= 0.3 is 0 Å². The van der Waals surface area contributed by atoms with Crippen LogP contribution in [0.25, 0.3) is 0 Å². The third-order valence-electron chi connectivity index (χ3n) is 4.88. The quantitative estimate of drug-likeness (QED) is 0.779. The number of benzene rings is 2. The van der Waals surface area contributed by atoms with Crippen LogP contribution in [0.2, 0.25) is 0 Å². The Labute approximate surface area is 168 Å². The molecule has 1 amide bonds. The summed E-state index contributed by atoms with van der Waals surface area (Å²) in [6.45, 7) is 4.16. The summed E-state index contributed by atoms with van der Waals surface area (Å²) in [6.07, 6.45) is 2.95. The smallest absolute Gasteiger partial charge is 0.241 e. The fourth-order valence-electron chi connectivity index (χ4n) is 3.34. The lowest BCUT2D eigenvalue weighted by Crippen LogP contribution is -2.28. The largest absolute Gasteiger partial charge is 0.312 e. The van der Waals surface area contributed by atoms with E-state index in [1.165, 1.54) is 0 Å². The van der Waals surface area contributed by atoms with Crippen molar-refractivity contribution < 1.29 is 17.4 Å². The maximum Gasteiger partial charge on any atom is 0.241 e. The number of anilines is 1. The predicted octanol–water partition coefficient (Wildman–Crippen LogP) is 2.90. The second-order valence-electron chi connectivity index (χ2n) is 6.96. The van der Waals surface area contributed by atoms with Crippen molar-refractivity contribution in [2.45, 2.75) is 42.5 Å². The molecule has 0 spiro atoms. The van der Waals surface area contributed by atoms with Crippen LogP contribution in [0.1, 0.15) is 36.9 Å². The fraction of sp³-hybridized carbons (Fsp3) is 0.350. The van der Waals surface area contributed by atoms with E-state index in [1.54, 1.807) is 67.5 Å². The average molecular weight is 421 g/mol. The van der Waals surface area contributed by atoms with E-state index < -0.39 is 26.9 Å². The maximum atomic E-state index is 12.9. The lowest BCUT2D eigenvalue weighted by atomic mass is 10.1. The van der Waals surface area contributed by atoms with Crippen LogP contribution in [0.5, 0.6) is 0 Å². The molecule has 2 atom stereocenters. The molecule has 2 aromatic carbocycles. The number of rotatable bonds is 6. The Morgan fingerprint density at radius 2 is 1.82 bits per heavy atom. The number of amides is 1. The van der Waals surface area contributed by atoms with Crippen LogP contribution < -0.4 is 9.62 Å². The summed E-state index contributed by atoms with van der Waals surface area (Å²) in [7, 11) is -4.81. The van der Waals surface area contributed by atoms with E-state index in [0.717, 1.165) is 17.7 Å². The molecule has 1 heterocycles. The predicted molar refractivity (Wildman–Crippen MR) is 110 cm³/mol. The molecular formula is C20H24N2O4S2. The van der Waals surface area contributed by atoms with Gasteiger partial charge in [-0.2, -0.15) is 0 Å². The number of sulfonamides is 1. The van der Waals surface area contributed by atoms with Crippen LogP contribution in [0.4, 0.5) is 5.69 Å². The Bertz CT molecular complexity index is 1020. The first-order chi connectivity index (χ1) is 13.2. The SMILES string of the molecule is Cc1cc(N2CCCC2=O)ccc1S(=O)(=O)N[C@H](C)c1ccc([S@@](C)=O)cc1. The third kappa shape index (κ3) is 4.34. The van der Waals surface area contributed by atoms with Crippen LogP contribution in [-0.4, -0.2) is 31.3 Å². The van der Waals surface area contributed by atoms with Crippen LogP contribution in [0.15, 0.2) is 52.3 Å². The lowest BCUT2D eigenvalue weighted by Gasteiger charge is -2.19. The van der Waals surface area contributed by atoms with E-state index in [4.69, 9.17) is 0 Å². The van der Waals surface area contributed by atoms with Gasteiger partial charge in [0, 0.05) is 46.6 Å². The zero-order valence-corrected chi connectivity index (χ0v) is 17.8. The molecule has 0 radical (unpaired) electrons. The van der Waals surface area contributed by atoms with Gasteiger partial charge in [-0.25, -0.2) is 13.1 Å². The van der Waals surface area contributed by atoms with Crippen LogP contribution in [0, 0.1) is 6.92 Å². The molecular weight excluding hydrogens is 396 g/mol. The summed E-state index contributed by atoms with van der Waals surface area (Å²) in [5, 5.41) is 0. The molecule has 1 N–H and O–H groups in total. The molecule has 0 bridgehead atoms. The number of hydrogen-bond donors (Lipinski definition) is 1. The lowest BCUT2D eigenvalue weighted by molar-refractivity contribution is -0.117. The minimum atomic E-state index is -3.73. The number of nitrogens with zero attached hydrogens (tertiary/aromatic N) is 1. The highest BCUT2D eigenvalue weighted by Gasteiger charge is 2.25. The zero-order valence-electron chi connectivity index (χ0n) is 16.1. The highest BCUT2D eigenvalue weighted by Crippen LogP contribution is 2.27. The highest BCUT2D eigenvalue weighted by molar-refractivity contribution is 7.89. The van der Waals surface area contributed by atoms with E-state index in [9.17, 15) is 17.4 Å². The van der Waals surface area contributed by atoms with Crippen LogP contribution in [0.3, 0.4) is 0 Å². The standard InChI is InChI=1S/C20H24N2O4S2/c1-14-13-17(22-12-4-5-20(22)23)8-11-19(14)28(25,26)21-15(2)16-6-9-18(10-7-16)27(3)24/h6-11,13,15,21H,4-5,12H2,1-3H3/t15-,27-/m1/s1. The van der Waals surface area contributed by atoms with Crippen molar-refractivity contribution in [1.29, 1.82) is 0 Å². The normalized spacial score (nSPS) is 17.0. The summed E-state index contributed by atoms with van der Waals surface area (Å²) in [4.78, 5) is 14.5. The maximum absolute atomic E-state index is 12.9. The minimum Gasteiger partial charge on any atom is -0.312 e. The Kier molecular flexibility index (Phi) is 6.02. The van der Waals surface area contributed by atoms with Crippen molar-refractivity contribution in [2.75, 3.05) is 17.7 Å². The van der Waals surface area contributed by atoms with Gasteiger partial charge in [-0.1, -0.05) is 12.1 Å². The molecule has 28 heavy (non-hydrogen) atoms. The zero-order chi connectivity index (χ0) is 20.5. The number of carbonyl (C=O) groups excluding carboxylic acids is 1. The molecule has 0 unspecified atom stereocenters. The third-order valence-corrected chi connectivity index (χ3v) is 7.51. The molecule has 2 aromatic rings. The first kappa shape index (κ1) is 20.7. The van der Waals surface area contributed by atoms with Crippen LogP contribution in [-0.2, 0) is 25.6 Å². The molecule has 0 saturated carbocycles. The van der Waals surface area contributed by atoms with E-state index in [1.807, 2.05) is 0 Å². The van der Waals surface area contributed by atoms with Gasteiger partial charge in [0.25, 0.3) is 0 Å². The molecule has 0 aliphatic carbocycles. The number of aryl methyl sites for hydroxylation is 1. The summed E-state index contributed by atoms with van der Waals surface area (Å²) in [5.41, 5.74) is 2.11. The monoisotopic (exact) mass is 420 g/mol. The number of nitrogens with one attached hydrogen (secondary N) is 1. The van der Waals surface area contributed by atoms with E-state index in [2.05, 4.69) is 4.72 Å². The summed E-state index contributed by atoms with van der Waals surface area (Å²) < 4.78 is 39.9. The first-order valence-corrected chi connectivity index (χ1v) is 12.1. The number of hydrogen-bond acceptors (Lipinski definition) is 4. The number of carbonyl (C=O) groups is 1. The van der Waals surface area contributed by atoms with Crippen molar-refractivity contribution in [3.8, 4) is 0 Å². The Morgan fingerprint density at radius 3 is 2.36 bits per heavy atom. The van der Waals surface area contributed by atoms with E-state index in [-0.39, 0.29) is 10.8 Å². The topological polar surface area (TPSA) is 83.6 Å². The minimum absolute atomic E-state index is 0.0678. The summed E-state index contributed by atoms with van der Waals surface area (Å²) in [6, 6.07) is 11.6. The van der Waals surface area contributed by atoms with Gasteiger partial charge in [-0.15, -0.1) is 0 Å². The average Bonchev–Trinajstić information content (AvgIpc) is 3.07. The van der Waals surface area contributed by atoms with Gasteiger partial charge < -0.3 is 4.90 Å². The van der Waals surface area contributed by atoms with Crippen molar-refractivity contribution >= 4 is 32.4 Å². The first-order valence-electron chi connectivity index (χ1n) is 9.06. The molecule has 8 heteroatoms. The fourth-order valence-corrected chi connectivity index (χ4v) is 5.31. The summed E-state index contributed by atoms with van der Waals surface area (Å²) in [5.74, 6) is 0.0678. The molecule has 6 nitrogen and oxygen atoms in total. The van der Waals surface area contributed by atoms with Gasteiger partial charge in [0.05, 0.1) is 4.90 Å². The summed E-state index contributed by atoms with van der Waals surface area (Å²) >= 11 is 0. The molecule has 1 aliphatic heterocycles. The second kappa shape index (κ2) is 8.14.